The van der Waals surface area contributed by atoms with Gasteiger partial charge in [-0.2, -0.15) is 0 Å². The van der Waals surface area contributed by atoms with Crippen molar-refractivity contribution in [3.05, 3.63) is 51.3 Å². The maximum Gasteiger partial charge on any atom is 0.251 e. The Morgan fingerprint density at radius 2 is 2.22 bits per heavy atom. The number of methoxy groups -OCH3 is 1. The first-order valence-corrected chi connectivity index (χ1v) is 5.52. The summed E-state index contributed by atoms with van der Waals surface area (Å²) in [6.45, 7) is 0.151. The van der Waals surface area contributed by atoms with Crippen molar-refractivity contribution in [1.29, 1.82) is 0 Å². The molecule has 0 unspecified atom stereocenters. The largest absolute Gasteiger partial charge is 0.377 e. The summed E-state index contributed by atoms with van der Waals surface area (Å²) < 4.78 is 18.6. The van der Waals surface area contributed by atoms with Crippen molar-refractivity contribution in [2.75, 3.05) is 7.11 Å². The molecule has 4 nitrogen and oxygen atoms in total. The molecule has 0 aliphatic rings. The Morgan fingerprint density at radius 3 is 2.89 bits per heavy atom. The van der Waals surface area contributed by atoms with Gasteiger partial charge in [-0.15, -0.1) is 0 Å². The van der Waals surface area contributed by atoms with Crippen LogP contribution < -0.4 is 5.56 Å². The summed E-state index contributed by atoms with van der Waals surface area (Å²) in [5.74, 6) is -0.182. The van der Waals surface area contributed by atoms with E-state index in [0.29, 0.717) is 10.8 Å². The smallest absolute Gasteiger partial charge is 0.251 e. The lowest BCUT2D eigenvalue weighted by Crippen LogP contribution is -2.12. The maximum absolute atomic E-state index is 13.7. The third kappa shape index (κ3) is 2.75. The fourth-order valence-electron chi connectivity index (χ4n) is 1.55. The Kier molecular flexibility index (Phi) is 3.74. The minimum Gasteiger partial charge on any atom is -0.377 e. The summed E-state index contributed by atoms with van der Waals surface area (Å²) in [5, 5.41) is 0.290. The second kappa shape index (κ2) is 5.29. The molecule has 0 radical (unpaired) electrons. The van der Waals surface area contributed by atoms with E-state index < -0.39 is 5.82 Å². The zero-order chi connectivity index (χ0) is 13.1. The lowest BCUT2D eigenvalue weighted by Gasteiger charge is -2.05. The first kappa shape index (κ1) is 12.7. The molecule has 0 saturated heterocycles. The minimum absolute atomic E-state index is 0.151. The molecule has 1 heterocycles. The number of nitrogens with zero attached hydrogens (tertiary/aromatic N) is 1. The van der Waals surface area contributed by atoms with Gasteiger partial charge in [0.15, 0.2) is 0 Å². The maximum atomic E-state index is 13.7. The molecule has 1 aromatic carbocycles. The Labute approximate surface area is 107 Å². The number of H-pyrrole nitrogens is 1. The van der Waals surface area contributed by atoms with Gasteiger partial charge in [0.2, 0.25) is 0 Å². The van der Waals surface area contributed by atoms with Gasteiger partial charge in [0.25, 0.3) is 5.56 Å². The SMILES string of the molecule is COCc1nc(-c2ccc(Cl)cc2F)cc(=O)[nH]1. The normalized spacial score (nSPS) is 10.6. The molecule has 6 heteroatoms. The van der Waals surface area contributed by atoms with Crippen molar-refractivity contribution < 1.29 is 9.13 Å². The van der Waals surface area contributed by atoms with Gasteiger partial charge in [-0.05, 0) is 18.2 Å². The Morgan fingerprint density at radius 1 is 1.44 bits per heavy atom. The summed E-state index contributed by atoms with van der Waals surface area (Å²) in [6.07, 6.45) is 0. The molecule has 0 atom stereocenters. The van der Waals surface area contributed by atoms with Gasteiger partial charge in [0.1, 0.15) is 18.2 Å². The van der Waals surface area contributed by atoms with Crippen LogP contribution in [0.4, 0.5) is 4.39 Å². The molecule has 0 amide bonds. The van der Waals surface area contributed by atoms with Crippen LogP contribution >= 0.6 is 11.6 Å². The number of aromatic nitrogens is 2. The predicted octanol–water partition coefficient (Wildman–Crippen LogP) is 2.38. The summed E-state index contributed by atoms with van der Waals surface area (Å²) in [7, 11) is 1.48. The van der Waals surface area contributed by atoms with Gasteiger partial charge in [0, 0.05) is 23.8 Å². The van der Waals surface area contributed by atoms with E-state index in [9.17, 15) is 9.18 Å². The molecule has 1 N–H and O–H groups in total. The van der Waals surface area contributed by atoms with E-state index in [1.807, 2.05) is 0 Å². The second-order valence-corrected chi connectivity index (χ2v) is 4.07. The monoisotopic (exact) mass is 268 g/mol. The zero-order valence-electron chi connectivity index (χ0n) is 9.54. The standard InChI is InChI=1S/C12H10ClFN2O2/c1-18-6-11-15-10(5-12(17)16-11)8-3-2-7(13)4-9(8)14/h2-5H,6H2,1H3,(H,15,16,17). The molecule has 0 bridgehead atoms. The van der Waals surface area contributed by atoms with E-state index in [1.54, 1.807) is 6.07 Å². The minimum atomic E-state index is -0.524. The number of benzene rings is 1. The van der Waals surface area contributed by atoms with E-state index in [1.165, 1.54) is 25.3 Å². The van der Waals surface area contributed by atoms with Crippen LogP contribution in [0.25, 0.3) is 11.3 Å². The summed E-state index contributed by atoms with van der Waals surface area (Å²) >= 11 is 5.67. The third-order valence-corrected chi connectivity index (χ3v) is 2.51. The van der Waals surface area contributed by atoms with Crippen molar-refractivity contribution in [2.45, 2.75) is 6.61 Å². The number of hydrogen-bond donors (Lipinski definition) is 1. The van der Waals surface area contributed by atoms with Crippen molar-refractivity contribution in [1.82, 2.24) is 9.97 Å². The molecule has 2 rings (SSSR count). The highest BCUT2D eigenvalue weighted by Gasteiger charge is 2.09. The number of nitrogens with one attached hydrogen (secondary N) is 1. The van der Waals surface area contributed by atoms with Crippen molar-refractivity contribution in [2.24, 2.45) is 0 Å². The number of rotatable bonds is 3. The third-order valence-electron chi connectivity index (χ3n) is 2.28. The van der Waals surface area contributed by atoms with Crippen molar-refractivity contribution in [3.63, 3.8) is 0 Å². The topological polar surface area (TPSA) is 55.0 Å². The first-order valence-electron chi connectivity index (χ1n) is 5.15. The zero-order valence-corrected chi connectivity index (χ0v) is 10.3. The highest BCUT2D eigenvalue weighted by molar-refractivity contribution is 6.30. The number of ether oxygens (including phenoxy) is 1. The Hall–Kier alpha value is -1.72. The average Bonchev–Trinajstić information content (AvgIpc) is 2.28. The molecule has 0 aliphatic heterocycles. The highest BCUT2D eigenvalue weighted by Crippen LogP contribution is 2.22. The lowest BCUT2D eigenvalue weighted by atomic mass is 10.1. The number of halogens is 2. The van der Waals surface area contributed by atoms with Crippen molar-refractivity contribution in [3.8, 4) is 11.3 Å². The van der Waals surface area contributed by atoms with Crippen molar-refractivity contribution >= 4 is 11.6 Å². The molecule has 1 aromatic heterocycles. The Balaban J connectivity index is 2.53. The van der Waals surface area contributed by atoms with Gasteiger partial charge in [-0.3, -0.25) is 4.79 Å². The number of hydrogen-bond acceptors (Lipinski definition) is 3. The van der Waals surface area contributed by atoms with Crippen LogP contribution in [-0.2, 0) is 11.3 Å². The van der Waals surface area contributed by atoms with Gasteiger partial charge in [0.05, 0.1) is 5.69 Å². The highest BCUT2D eigenvalue weighted by atomic mass is 35.5. The quantitative estimate of drug-likeness (QED) is 0.930. The second-order valence-electron chi connectivity index (χ2n) is 3.63. The first-order chi connectivity index (χ1) is 8.60. The van der Waals surface area contributed by atoms with Crippen LogP contribution in [-0.4, -0.2) is 17.1 Å². The fraction of sp³-hybridized carbons (Fsp3) is 0.167. The van der Waals surface area contributed by atoms with Gasteiger partial charge >= 0.3 is 0 Å². The van der Waals surface area contributed by atoms with E-state index in [-0.39, 0.29) is 23.4 Å². The van der Waals surface area contributed by atoms with Crippen LogP contribution in [0.15, 0.2) is 29.1 Å². The van der Waals surface area contributed by atoms with Crippen LogP contribution in [0.2, 0.25) is 5.02 Å². The average molecular weight is 269 g/mol. The van der Waals surface area contributed by atoms with Gasteiger partial charge < -0.3 is 9.72 Å². The molecule has 2 aromatic rings. The molecule has 0 saturated carbocycles. The van der Waals surface area contributed by atoms with E-state index in [2.05, 4.69) is 9.97 Å². The molecule has 0 fully saturated rings. The molecule has 18 heavy (non-hydrogen) atoms. The summed E-state index contributed by atoms with van der Waals surface area (Å²) in [4.78, 5) is 18.1. The van der Waals surface area contributed by atoms with Crippen LogP contribution in [0.1, 0.15) is 5.82 Å². The van der Waals surface area contributed by atoms with E-state index in [0.717, 1.165) is 0 Å². The van der Waals surface area contributed by atoms with E-state index in [4.69, 9.17) is 16.3 Å². The van der Waals surface area contributed by atoms with Gasteiger partial charge in [-0.1, -0.05) is 11.6 Å². The lowest BCUT2D eigenvalue weighted by molar-refractivity contribution is 0.177. The van der Waals surface area contributed by atoms with Crippen LogP contribution in [0.3, 0.4) is 0 Å². The number of aromatic amines is 1. The van der Waals surface area contributed by atoms with Crippen LogP contribution in [0.5, 0.6) is 0 Å². The molecule has 94 valence electrons. The van der Waals surface area contributed by atoms with E-state index >= 15 is 0 Å². The predicted molar refractivity (Wildman–Crippen MR) is 66.0 cm³/mol. The Bertz CT molecular complexity index is 628. The van der Waals surface area contributed by atoms with Gasteiger partial charge in [-0.25, -0.2) is 9.37 Å². The van der Waals surface area contributed by atoms with Crippen LogP contribution in [0, 0.1) is 5.82 Å². The fourth-order valence-corrected chi connectivity index (χ4v) is 1.71. The molecular formula is C12H10ClFN2O2. The molecule has 0 spiro atoms. The molecular weight excluding hydrogens is 259 g/mol. The molecule has 0 aliphatic carbocycles. The summed E-state index contributed by atoms with van der Waals surface area (Å²) in [5.41, 5.74) is 0.115. The summed E-state index contributed by atoms with van der Waals surface area (Å²) in [6, 6.07) is 5.43.